The maximum Gasteiger partial charge on any atom is 0.130 e. The Balaban J connectivity index is 1.83. The maximum atomic E-state index is 11.2. The molecule has 0 aromatic carbocycles. The van der Waals surface area contributed by atoms with Gasteiger partial charge in [0.25, 0.3) is 0 Å². The van der Waals surface area contributed by atoms with E-state index in [1.807, 2.05) is 6.92 Å². The number of aliphatic hydroxyl groups excluding tert-OH is 1. The van der Waals surface area contributed by atoms with E-state index in [4.69, 9.17) is 13.3 Å². The quantitative estimate of drug-likeness (QED) is 0.528. The van der Waals surface area contributed by atoms with Crippen molar-refractivity contribution in [2.24, 2.45) is 29.1 Å². The normalized spacial score (nSPS) is 58.3. The molecule has 0 aromatic rings. The molecule has 126 valence electrons. The van der Waals surface area contributed by atoms with Gasteiger partial charge in [-0.1, -0.05) is 30.8 Å². The van der Waals surface area contributed by atoms with Crippen LogP contribution >= 0.6 is 0 Å². The Labute approximate surface area is 147 Å². The Kier molecular flexibility index (Phi) is 2.43. The lowest BCUT2D eigenvalue weighted by Gasteiger charge is -2.55. The zero-order valence-corrected chi connectivity index (χ0v) is 13.8. The van der Waals surface area contributed by atoms with Crippen molar-refractivity contribution in [2.75, 3.05) is 0 Å². The summed E-state index contributed by atoms with van der Waals surface area (Å²) in [5.74, 6) is 1.41. The first-order chi connectivity index (χ1) is 12.9. The van der Waals surface area contributed by atoms with Gasteiger partial charge in [-0.05, 0) is 75.0 Å². The molecule has 4 aliphatic carbocycles. The first kappa shape index (κ1) is 11.0. The van der Waals surface area contributed by atoms with Gasteiger partial charge in [0.1, 0.15) is 5.60 Å². The van der Waals surface area contributed by atoms with Crippen LogP contribution in [0.5, 0.6) is 0 Å². The van der Waals surface area contributed by atoms with Crippen LogP contribution in [0.2, 0.25) is 0 Å². The van der Waals surface area contributed by atoms with Crippen molar-refractivity contribution >= 4 is 0 Å². The molecule has 2 fully saturated rings. The van der Waals surface area contributed by atoms with Crippen molar-refractivity contribution in [3.63, 3.8) is 0 Å². The van der Waals surface area contributed by atoms with Crippen LogP contribution in [0.3, 0.4) is 0 Å². The lowest BCUT2D eigenvalue weighted by molar-refractivity contribution is -0.0813. The van der Waals surface area contributed by atoms with E-state index < -0.39 is 36.3 Å². The molecule has 2 heteroatoms. The number of rotatable bonds is 0. The average Bonchev–Trinajstić information content (AvgIpc) is 2.76. The predicted molar refractivity (Wildman–Crippen MR) is 91.5 cm³/mol. The first-order valence-electron chi connectivity index (χ1n) is 11.4. The average molecular weight is 319 g/mol. The summed E-state index contributed by atoms with van der Waals surface area (Å²) in [6.07, 6.45) is 7.23. The molecule has 4 rings (SSSR count). The summed E-state index contributed by atoms with van der Waals surface area (Å²) < 4.78 is 41.6. The fourth-order valence-corrected chi connectivity index (χ4v) is 6.07. The second kappa shape index (κ2) is 5.11. The van der Waals surface area contributed by atoms with Crippen LogP contribution < -0.4 is 0 Å². The Morgan fingerprint density at radius 3 is 2.91 bits per heavy atom. The summed E-state index contributed by atoms with van der Waals surface area (Å²) in [6.45, 7) is -0.296. The molecule has 7 atom stereocenters. The maximum absolute atomic E-state index is 11.2. The standard InChI is InChI=1S/C21H30O2/c1-4-21(23)10-8-18-19-13(2)11-14-12-15(22)5-6-16(14)17(19)7-9-20(18,21)3/h1,13,15,17-19,22-23H,5-12H2,2-3H3/t13-,15-,17-,18+,19-,20+,21+/m1/s1/i2D3,10D2. The van der Waals surface area contributed by atoms with Crippen molar-refractivity contribution in [3.8, 4) is 12.3 Å². The van der Waals surface area contributed by atoms with Crippen molar-refractivity contribution in [1.82, 2.24) is 0 Å². The SMILES string of the molecule is [2H]C([2H])([2H])[C@@H]1CC2=C(CC[C@@H](O)C2)[C@H]2CC[C@@]3(C)[C@@H](CC([2H])([2H])[C@@]3(O)C#C)[C@@H]21. The van der Waals surface area contributed by atoms with Gasteiger partial charge < -0.3 is 10.2 Å². The smallest absolute Gasteiger partial charge is 0.130 e. The Bertz CT molecular complexity index is 751. The third-order valence-electron chi connectivity index (χ3n) is 7.40. The van der Waals surface area contributed by atoms with E-state index in [-0.39, 0.29) is 24.2 Å². The zero-order valence-electron chi connectivity index (χ0n) is 18.8. The Morgan fingerprint density at radius 2 is 2.17 bits per heavy atom. The van der Waals surface area contributed by atoms with E-state index in [0.29, 0.717) is 25.7 Å². The van der Waals surface area contributed by atoms with Crippen LogP contribution in [0.25, 0.3) is 0 Å². The summed E-state index contributed by atoms with van der Waals surface area (Å²) >= 11 is 0. The zero-order chi connectivity index (χ0) is 20.7. The monoisotopic (exact) mass is 319 g/mol. The van der Waals surface area contributed by atoms with Crippen LogP contribution in [-0.2, 0) is 0 Å². The summed E-state index contributed by atoms with van der Waals surface area (Å²) in [5, 5.41) is 21.3. The highest BCUT2D eigenvalue weighted by atomic mass is 16.3. The molecule has 2 saturated carbocycles. The minimum absolute atomic E-state index is 0.0932. The third-order valence-corrected chi connectivity index (χ3v) is 7.40. The number of fused-ring (bicyclic) bond motifs is 4. The van der Waals surface area contributed by atoms with E-state index >= 15 is 0 Å². The van der Waals surface area contributed by atoms with Crippen molar-refractivity contribution < 1.29 is 17.1 Å². The molecule has 23 heavy (non-hydrogen) atoms. The third kappa shape index (κ3) is 2.02. The Morgan fingerprint density at radius 1 is 1.35 bits per heavy atom. The van der Waals surface area contributed by atoms with E-state index in [0.717, 1.165) is 18.4 Å². The minimum atomic E-state index is -2.16. The molecule has 4 aliphatic rings. The summed E-state index contributed by atoms with van der Waals surface area (Å²) in [6, 6.07) is 0. The van der Waals surface area contributed by atoms with Crippen LogP contribution in [0.15, 0.2) is 11.1 Å². The molecule has 0 unspecified atom stereocenters. The van der Waals surface area contributed by atoms with Crippen molar-refractivity contribution in [3.05, 3.63) is 11.1 Å². The topological polar surface area (TPSA) is 40.5 Å². The minimum Gasteiger partial charge on any atom is -0.393 e. The van der Waals surface area contributed by atoms with E-state index in [2.05, 4.69) is 5.92 Å². The largest absolute Gasteiger partial charge is 0.393 e. The summed E-state index contributed by atoms with van der Waals surface area (Å²) in [7, 11) is 0. The van der Waals surface area contributed by atoms with Gasteiger partial charge in [0.2, 0.25) is 0 Å². The number of hydrogen-bond donors (Lipinski definition) is 2. The van der Waals surface area contributed by atoms with Crippen LogP contribution in [0, 0.1) is 41.4 Å². The second-order valence-electron chi connectivity index (χ2n) is 8.32. The summed E-state index contributed by atoms with van der Waals surface area (Å²) in [4.78, 5) is 0. The van der Waals surface area contributed by atoms with Crippen LogP contribution in [0.4, 0.5) is 0 Å². The van der Waals surface area contributed by atoms with Crippen molar-refractivity contribution in [1.29, 1.82) is 0 Å². The molecule has 0 heterocycles. The number of hydrogen-bond acceptors (Lipinski definition) is 2. The highest BCUT2D eigenvalue weighted by Crippen LogP contribution is 2.65. The molecular formula is C21H30O2. The Hall–Kier alpha value is -0.780. The summed E-state index contributed by atoms with van der Waals surface area (Å²) in [5.41, 5.74) is -0.304. The molecule has 0 aliphatic heterocycles. The fourth-order valence-electron chi connectivity index (χ4n) is 6.07. The van der Waals surface area contributed by atoms with E-state index in [1.54, 1.807) is 0 Å². The van der Waals surface area contributed by atoms with Gasteiger partial charge in [0.05, 0.1) is 6.10 Å². The first-order valence-corrected chi connectivity index (χ1v) is 8.95. The number of allylic oxidation sites excluding steroid dienone is 1. The van der Waals surface area contributed by atoms with Gasteiger partial charge in [-0.15, -0.1) is 6.42 Å². The highest BCUT2D eigenvalue weighted by molar-refractivity contribution is 5.30. The van der Waals surface area contributed by atoms with Crippen LogP contribution in [-0.4, -0.2) is 21.9 Å². The molecule has 2 N–H and O–H groups in total. The molecule has 2 nitrogen and oxygen atoms in total. The molecule has 0 spiro atoms. The number of aliphatic hydroxyl groups is 2. The molecule has 0 bridgehead atoms. The molecular weight excluding hydrogens is 284 g/mol. The van der Waals surface area contributed by atoms with Gasteiger partial charge in [-0.2, -0.15) is 0 Å². The van der Waals surface area contributed by atoms with Gasteiger partial charge in [0.15, 0.2) is 0 Å². The van der Waals surface area contributed by atoms with Crippen molar-refractivity contribution in [2.45, 2.75) is 76.8 Å². The van der Waals surface area contributed by atoms with E-state index in [1.165, 1.54) is 5.57 Å². The second-order valence-corrected chi connectivity index (χ2v) is 8.32. The molecule has 0 amide bonds. The van der Waals surface area contributed by atoms with Gasteiger partial charge in [0, 0.05) is 12.3 Å². The van der Waals surface area contributed by atoms with Crippen LogP contribution in [0.1, 0.15) is 71.9 Å². The van der Waals surface area contributed by atoms with E-state index in [9.17, 15) is 10.2 Å². The van der Waals surface area contributed by atoms with Gasteiger partial charge in [-0.3, -0.25) is 0 Å². The lowest BCUT2D eigenvalue weighted by atomic mass is 9.50. The predicted octanol–water partition coefficient (Wildman–Crippen LogP) is 3.67. The molecule has 0 radical (unpaired) electrons. The van der Waals surface area contributed by atoms with Gasteiger partial charge in [-0.25, -0.2) is 0 Å². The van der Waals surface area contributed by atoms with Gasteiger partial charge >= 0.3 is 0 Å². The molecule has 0 saturated heterocycles. The fraction of sp³-hybridized carbons (Fsp3) is 0.810. The molecule has 0 aromatic heterocycles. The number of terminal acetylenes is 1. The lowest BCUT2D eigenvalue weighted by Crippen LogP contribution is -2.52. The highest BCUT2D eigenvalue weighted by Gasteiger charge is 2.62.